The average Bonchev–Trinajstić information content (AvgIpc) is 2.00. The van der Waals surface area contributed by atoms with Crippen molar-refractivity contribution in [2.75, 3.05) is 5.75 Å². The molecule has 4 nitrogen and oxygen atoms in total. The lowest BCUT2D eigenvalue weighted by molar-refractivity contribution is -0.148. The molecule has 0 spiro atoms. The second-order valence-electron chi connectivity index (χ2n) is 2.70. The van der Waals surface area contributed by atoms with E-state index in [-0.39, 0.29) is 5.75 Å². The molecule has 1 N–H and O–H groups in total. The number of rotatable bonds is 2. The molecule has 0 rings (SSSR count). The van der Waals surface area contributed by atoms with E-state index in [1.165, 1.54) is 13.8 Å². The molecule has 0 aliphatic carbocycles. The molecule has 0 fully saturated rings. The number of ether oxygens (including phenoxy) is 1. The summed E-state index contributed by atoms with van der Waals surface area (Å²) in [6, 6.07) is 0. The summed E-state index contributed by atoms with van der Waals surface area (Å²) < 4.78 is 4.79. The molecule has 72 valence electrons. The van der Waals surface area contributed by atoms with Gasteiger partial charge in [-0.3, -0.25) is 4.79 Å². The zero-order valence-corrected chi connectivity index (χ0v) is 8.22. The number of thiol groups is 1. The maximum Gasteiger partial charge on any atom is 0.382 e. The van der Waals surface area contributed by atoms with E-state index in [9.17, 15) is 9.59 Å². The van der Waals surface area contributed by atoms with Gasteiger partial charge in [0.15, 0.2) is 5.60 Å². The minimum Gasteiger partial charge on any atom is -0.472 e. The smallest absolute Gasteiger partial charge is 0.382 e. The van der Waals surface area contributed by atoms with Gasteiger partial charge in [0.05, 0.1) is 5.75 Å². The molecule has 0 radical (unpaired) electrons. The van der Waals surface area contributed by atoms with Gasteiger partial charge in [-0.1, -0.05) is 0 Å². The van der Waals surface area contributed by atoms with Crippen molar-refractivity contribution < 1.29 is 19.4 Å². The second kappa shape index (κ2) is 4.77. The van der Waals surface area contributed by atoms with Crippen LogP contribution in [0.15, 0.2) is 0 Å². The molecule has 0 aliphatic rings. The predicted molar refractivity (Wildman–Crippen MR) is 49.4 cm³/mol. The van der Waals surface area contributed by atoms with Crippen LogP contribution in [0.4, 0.5) is 0 Å². The summed E-state index contributed by atoms with van der Waals surface area (Å²) in [6.45, 7) is 3.01. The molecule has 0 saturated heterocycles. The van der Waals surface area contributed by atoms with Crippen molar-refractivity contribution in [3.63, 3.8) is 0 Å². The van der Waals surface area contributed by atoms with Gasteiger partial charge in [0.2, 0.25) is 0 Å². The highest BCUT2D eigenvalue weighted by molar-refractivity contribution is 7.81. The fourth-order valence-corrected chi connectivity index (χ4v) is 0.611. The maximum atomic E-state index is 10.8. The first-order valence-electron chi connectivity index (χ1n) is 3.46. The summed E-state index contributed by atoms with van der Waals surface area (Å²) in [5, 5.41) is 8.24. The van der Waals surface area contributed by atoms with Crippen molar-refractivity contribution in [3.05, 3.63) is 0 Å². The van der Waals surface area contributed by atoms with Crippen LogP contribution in [0, 0.1) is 11.8 Å². The van der Waals surface area contributed by atoms with Gasteiger partial charge in [0.25, 0.3) is 0 Å². The molecule has 0 aromatic carbocycles. The van der Waals surface area contributed by atoms with Crippen LogP contribution in [0.25, 0.3) is 0 Å². The Bertz CT molecular complexity index is 272. The Labute approximate surface area is 81.7 Å². The molecule has 0 aromatic heterocycles. The van der Waals surface area contributed by atoms with E-state index in [0.717, 1.165) is 0 Å². The van der Waals surface area contributed by atoms with Crippen molar-refractivity contribution in [1.29, 1.82) is 0 Å². The Morgan fingerprint density at radius 2 is 2.08 bits per heavy atom. The fraction of sp³-hybridized carbons (Fsp3) is 0.500. The molecule has 0 aliphatic heterocycles. The number of aliphatic carboxylic acids is 1. The van der Waals surface area contributed by atoms with E-state index in [1.807, 2.05) is 5.92 Å². The number of carbonyl (C=O) groups excluding carboxylic acids is 1. The summed E-state index contributed by atoms with van der Waals surface area (Å²) >= 11 is 3.70. The van der Waals surface area contributed by atoms with Crippen LogP contribution >= 0.6 is 12.6 Å². The summed E-state index contributed by atoms with van der Waals surface area (Å²) in [7, 11) is 0. The van der Waals surface area contributed by atoms with Crippen molar-refractivity contribution in [3.8, 4) is 11.8 Å². The highest BCUT2D eigenvalue weighted by atomic mass is 32.1. The third-order valence-electron chi connectivity index (χ3n) is 0.969. The minimum atomic E-state index is -1.25. The Hall–Kier alpha value is -1.15. The van der Waals surface area contributed by atoms with Crippen LogP contribution in [-0.2, 0) is 14.3 Å². The third kappa shape index (κ3) is 6.05. The van der Waals surface area contributed by atoms with E-state index < -0.39 is 17.5 Å². The number of carboxylic acid groups (broad SMARTS) is 1. The maximum absolute atomic E-state index is 10.8. The van der Waals surface area contributed by atoms with E-state index in [4.69, 9.17) is 9.84 Å². The molecule has 0 aromatic rings. The molecular weight excluding hydrogens is 192 g/mol. The predicted octanol–water partition coefficient (Wildman–Crippen LogP) is 0.326. The highest BCUT2D eigenvalue weighted by Gasteiger charge is 2.19. The first kappa shape index (κ1) is 11.8. The lowest BCUT2D eigenvalue weighted by Crippen LogP contribution is -2.27. The zero-order valence-electron chi connectivity index (χ0n) is 7.33. The number of carboxylic acids is 1. The first-order valence-corrected chi connectivity index (χ1v) is 4.09. The molecule has 0 bridgehead atoms. The van der Waals surface area contributed by atoms with Gasteiger partial charge in [0, 0.05) is 5.92 Å². The fourth-order valence-electron chi connectivity index (χ4n) is 0.546. The Morgan fingerprint density at radius 3 is 2.46 bits per heavy atom. The van der Waals surface area contributed by atoms with Gasteiger partial charge in [-0.25, -0.2) is 4.79 Å². The Morgan fingerprint density at radius 1 is 1.54 bits per heavy atom. The quantitative estimate of drug-likeness (QED) is 0.384. The van der Waals surface area contributed by atoms with Gasteiger partial charge in [-0.2, -0.15) is 12.6 Å². The van der Waals surface area contributed by atoms with Gasteiger partial charge >= 0.3 is 11.9 Å². The van der Waals surface area contributed by atoms with Gasteiger partial charge in [-0.05, 0) is 19.8 Å². The van der Waals surface area contributed by atoms with Crippen LogP contribution in [0.3, 0.4) is 0 Å². The molecule has 0 atom stereocenters. The normalized spacial score (nSPS) is 9.77. The summed E-state index contributed by atoms with van der Waals surface area (Å²) in [5.74, 6) is 2.33. The zero-order chi connectivity index (χ0) is 10.5. The molecular formula is C8H10O4S. The van der Waals surface area contributed by atoms with Crippen LogP contribution in [-0.4, -0.2) is 28.4 Å². The Kier molecular flexibility index (Phi) is 4.35. The summed E-state index contributed by atoms with van der Waals surface area (Å²) in [5.41, 5.74) is -1.09. The van der Waals surface area contributed by atoms with E-state index in [0.29, 0.717) is 0 Å². The third-order valence-corrected chi connectivity index (χ3v) is 1.23. The molecule has 13 heavy (non-hydrogen) atoms. The topological polar surface area (TPSA) is 63.6 Å². The molecule has 0 saturated carbocycles. The van der Waals surface area contributed by atoms with Crippen molar-refractivity contribution in [1.82, 2.24) is 0 Å². The second-order valence-corrected chi connectivity index (χ2v) is 3.01. The van der Waals surface area contributed by atoms with Crippen LogP contribution in [0.2, 0.25) is 0 Å². The van der Waals surface area contributed by atoms with E-state index in [1.54, 1.807) is 0 Å². The molecule has 0 amide bonds. The van der Waals surface area contributed by atoms with Crippen LogP contribution in [0.1, 0.15) is 13.8 Å². The average molecular weight is 202 g/mol. The van der Waals surface area contributed by atoms with Crippen molar-refractivity contribution in [2.24, 2.45) is 0 Å². The Balaban J connectivity index is 4.34. The van der Waals surface area contributed by atoms with E-state index in [2.05, 4.69) is 18.5 Å². The SMILES string of the molecule is CC(C)(C#CC(=O)O)OC(=O)CS. The monoisotopic (exact) mass is 202 g/mol. The van der Waals surface area contributed by atoms with Gasteiger partial charge < -0.3 is 9.84 Å². The standard InChI is InChI=1S/C8H10O4S/c1-8(2,4-3-6(9)10)12-7(11)5-13/h13H,5H2,1-2H3,(H,9,10). The molecule has 5 heteroatoms. The van der Waals surface area contributed by atoms with Gasteiger partial charge in [0.1, 0.15) is 0 Å². The highest BCUT2D eigenvalue weighted by Crippen LogP contribution is 2.07. The number of carbonyl (C=O) groups is 2. The molecule has 0 heterocycles. The lowest BCUT2D eigenvalue weighted by Gasteiger charge is -2.17. The first-order chi connectivity index (χ1) is 5.87. The van der Waals surface area contributed by atoms with Crippen molar-refractivity contribution >= 4 is 24.6 Å². The van der Waals surface area contributed by atoms with Gasteiger partial charge in [-0.15, -0.1) is 0 Å². The van der Waals surface area contributed by atoms with E-state index >= 15 is 0 Å². The lowest BCUT2D eigenvalue weighted by atomic mass is 10.1. The molecule has 0 unspecified atom stereocenters. The number of esters is 1. The van der Waals surface area contributed by atoms with Crippen LogP contribution in [0.5, 0.6) is 0 Å². The minimum absolute atomic E-state index is 0.0574. The van der Waals surface area contributed by atoms with Crippen LogP contribution < -0.4 is 0 Å². The summed E-state index contributed by atoms with van der Waals surface area (Å²) in [4.78, 5) is 20.8. The largest absolute Gasteiger partial charge is 0.472 e. The number of hydrogen-bond donors (Lipinski definition) is 2. The number of hydrogen-bond acceptors (Lipinski definition) is 4. The van der Waals surface area contributed by atoms with Crippen molar-refractivity contribution in [2.45, 2.75) is 19.4 Å². The summed E-state index contributed by atoms with van der Waals surface area (Å²) in [6.07, 6.45) is 0.